The Morgan fingerprint density at radius 3 is 1.52 bits per heavy atom. The van der Waals surface area contributed by atoms with E-state index in [1.165, 1.54) is 77.0 Å². The van der Waals surface area contributed by atoms with Crippen molar-refractivity contribution in [3.63, 3.8) is 0 Å². The van der Waals surface area contributed by atoms with Crippen molar-refractivity contribution in [3.8, 4) is 0 Å². The molecule has 0 spiro atoms. The lowest BCUT2D eigenvalue weighted by atomic mass is 10.1. The van der Waals surface area contributed by atoms with Gasteiger partial charge < -0.3 is 16.2 Å². The second-order valence-electron chi connectivity index (χ2n) is 6.18. The van der Waals surface area contributed by atoms with E-state index in [0.29, 0.717) is 0 Å². The fraction of sp³-hybridized carbons (Fsp3) is 0.947. The number of unbranched alkanes of at least 4 members (excludes halogenated alkanes) is 11. The standard InChI is InChI=1S/C16H36N2.C3H6O2/c1-2-3-4-5-6-7-8-9-10-11-12-13-15-18-16-14-17;1-2-3(4)5/h18H,2-17H2,1H3;2H2,1H3,(H,4,5). The van der Waals surface area contributed by atoms with Gasteiger partial charge >= 0.3 is 5.97 Å². The Morgan fingerprint density at radius 1 is 0.783 bits per heavy atom. The Kier molecular flexibility index (Phi) is 25.3. The molecule has 0 amide bonds. The fourth-order valence-corrected chi connectivity index (χ4v) is 2.32. The van der Waals surface area contributed by atoms with Crippen molar-refractivity contribution in [3.05, 3.63) is 0 Å². The molecule has 0 aliphatic rings. The average Bonchev–Trinajstić information content (AvgIpc) is 2.55. The van der Waals surface area contributed by atoms with Gasteiger partial charge in [-0.3, -0.25) is 4.79 Å². The van der Waals surface area contributed by atoms with E-state index in [-0.39, 0.29) is 6.42 Å². The van der Waals surface area contributed by atoms with Crippen LogP contribution in [0.3, 0.4) is 0 Å². The fourth-order valence-electron chi connectivity index (χ4n) is 2.32. The summed E-state index contributed by atoms with van der Waals surface area (Å²) in [5.41, 5.74) is 5.41. The number of carboxylic acids is 1. The lowest BCUT2D eigenvalue weighted by molar-refractivity contribution is -0.136. The highest BCUT2D eigenvalue weighted by atomic mass is 16.4. The summed E-state index contributed by atoms with van der Waals surface area (Å²) >= 11 is 0. The molecule has 4 heteroatoms. The van der Waals surface area contributed by atoms with Gasteiger partial charge in [0.05, 0.1) is 0 Å². The lowest BCUT2D eigenvalue weighted by Gasteiger charge is -2.04. The highest BCUT2D eigenvalue weighted by molar-refractivity contribution is 5.66. The van der Waals surface area contributed by atoms with Gasteiger partial charge in [-0.15, -0.1) is 0 Å². The van der Waals surface area contributed by atoms with Gasteiger partial charge in [0.15, 0.2) is 0 Å². The first-order chi connectivity index (χ1) is 11.2. The molecule has 0 aromatic heterocycles. The molecule has 4 N–H and O–H groups in total. The first-order valence-electron chi connectivity index (χ1n) is 9.81. The summed E-state index contributed by atoms with van der Waals surface area (Å²) in [7, 11) is 0. The number of hydrogen-bond donors (Lipinski definition) is 3. The number of carboxylic acid groups (broad SMARTS) is 1. The van der Waals surface area contributed by atoms with Gasteiger partial charge in [-0.25, -0.2) is 0 Å². The van der Waals surface area contributed by atoms with E-state index in [4.69, 9.17) is 10.8 Å². The predicted octanol–water partition coefficient (Wildman–Crippen LogP) is 4.72. The molecule has 0 rings (SSSR count). The molecule has 0 fully saturated rings. The maximum atomic E-state index is 9.37. The number of rotatable bonds is 16. The van der Waals surface area contributed by atoms with Gasteiger partial charge in [0, 0.05) is 19.5 Å². The molecule has 4 nitrogen and oxygen atoms in total. The Bertz CT molecular complexity index is 207. The minimum Gasteiger partial charge on any atom is -0.481 e. The van der Waals surface area contributed by atoms with Crippen molar-refractivity contribution < 1.29 is 9.90 Å². The topological polar surface area (TPSA) is 75.3 Å². The molecule has 0 bridgehead atoms. The smallest absolute Gasteiger partial charge is 0.303 e. The normalized spacial score (nSPS) is 10.2. The van der Waals surface area contributed by atoms with Crippen LogP contribution in [0.1, 0.15) is 97.3 Å². The van der Waals surface area contributed by atoms with E-state index in [1.807, 2.05) is 0 Å². The van der Waals surface area contributed by atoms with E-state index >= 15 is 0 Å². The molecule has 0 aromatic rings. The van der Waals surface area contributed by atoms with Crippen LogP contribution in [-0.4, -0.2) is 30.7 Å². The van der Waals surface area contributed by atoms with Crippen LogP contribution in [0.25, 0.3) is 0 Å². The second kappa shape index (κ2) is 23.7. The third-order valence-electron chi connectivity index (χ3n) is 3.83. The molecule has 0 atom stereocenters. The molecule has 140 valence electrons. The third-order valence-corrected chi connectivity index (χ3v) is 3.83. The summed E-state index contributed by atoms with van der Waals surface area (Å²) < 4.78 is 0. The minimum atomic E-state index is -0.745. The van der Waals surface area contributed by atoms with Crippen LogP contribution in [0.4, 0.5) is 0 Å². The number of nitrogens with one attached hydrogen (secondary N) is 1. The number of nitrogens with two attached hydrogens (primary N) is 1. The molecule has 0 radical (unpaired) electrons. The zero-order valence-corrected chi connectivity index (χ0v) is 15.7. The molecule has 23 heavy (non-hydrogen) atoms. The van der Waals surface area contributed by atoms with E-state index in [0.717, 1.165) is 19.6 Å². The van der Waals surface area contributed by atoms with Crippen molar-refractivity contribution in [2.45, 2.75) is 97.3 Å². The molecule has 0 heterocycles. The first kappa shape index (κ1) is 24.6. The molecule has 0 aromatic carbocycles. The van der Waals surface area contributed by atoms with Gasteiger partial charge in [-0.05, 0) is 13.0 Å². The number of carbonyl (C=O) groups is 1. The first-order valence-corrected chi connectivity index (χ1v) is 9.81. The van der Waals surface area contributed by atoms with Gasteiger partial charge in [-0.1, -0.05) is 84.5 Å². The summed E-state index contributed by atoms with van der Waals surface area (Å²) in [6.45, 7) is 6.76. The van der Waals surface area contributed by atoms with E-state index < -0.39 is 5.97 Å². The zero-order valence-electron chi connectivity index (χ0n) is 15.7. The lowest BCUT2D eigenvalue weighted by Crippen LogP contribution is -2.23. The average molecular weight is 331 g/mol. The summed E-state index contributed by atoms with van der Waals surface area (Å²) in [6, 6.07) is 0. The summed E-state index contributed by atoms with van der Waals surface area (Å²) in [5, 5.41) is 11.1. The summed E-state index contributed by atoms with van der Waals surface area (Å²) in [6.07, 6.45) is 17.3. The number of aliphatic carboxylic acids is 1. The Hall–Kier alpha value is -0.610. The number of hydrogen-bond acceptors (Lipinski definition) is 3. The van der Waals surface area contributed by atoms with Crippen LogP contribution in [-0.2, 0) is 4.79 Å². The van der Waals surface area contributed by atoms with Crippen LogP contribution in [0.5, 0.6) is 0 Å². The Labute approximate surface area is 144 Å². The van der Waals surface area contributed by atoms with Crippen molar-refractivity contribution in [2.75, 3.05) is 19.6 Å². The third kappa shape index (κ3) is 29.9. The molecule has 0 aliphatic heterocycles. The maximum Gasteiger partial charge on any atom is 0.303 e. The van der Waals surface area contributed by atoms with E-state index in [9.17, 15) is 4.79 Å². The predicted molar refractivity (Wildman–Crippen MR) is 101 cm³/mol. The molecule has 0 aliphatic carbocycles. The summed E-state index contributed by atoms with van der Waals surface area (Å²) in [4.78, 5) is 9.37. The van der Waals surface area contributed by atoms with Gasteiger partial charge in [0.2, 0.25) is 0 Å². The molecule has 0 saturated heterocycles. The van der Waals surface area contributed by atoms with Crippen molar-refractivity contribution in [2.24, 2.45) is 5.73 Å². The van der Waals surface area contributed by atoms with E-state index in [1.54, 1.807) is 6.92 Å². The van der Waals surface area contributed by atoms with Gasteiger partial charge in [0.25, 0.3) is 0 Å². The van der Waals surface area contributed by atoms with Gasteiger partial charge in [0.1, 0.15) is 0 Å². The monoisotopic (exact) mass is 330 g/mol. The van der Waals surface area contributed by atoms with Crippen molar-refractivity contribution in [1.29, 1.82) is 0 Å². The SMILES string of the molecule is CCC(=O)O.CCCCCCCCCCCCCCNCCN. The second-order valence-corrected chi connectivity index (χ2v) is 6.18. The van der Waals surface area contributed by atoms with Crippen LogP contribution in [0.15, 0.2) is 0 Å². The quantitative estimate of drug-likeness (QED) is 0.358. The summed E-state index contributed by atoms with van der Waals surface area (Å²) in [5.74, 6) is -0.745. The van der Waals surface area contributed by atoms with Crippen LogP contribution >= 0.6 is 0 Å². The molecule has 0 unspecified atom stereocenters. The Morgan fingerprint density at radius 2 is 1.17 bits per heavy atom. The highest BCUT2D eigenvalue weighted by Crippen LogP contribution is 2.11. The molecular formula is C19H42N2O2. The minimum absolute atomic E-state index is 0.222. The highest BCUT2D eigenvalue weighted by Gasteiger charge is 1.93. The van der Waals surface area contributed by atoms with Crippen LogP contribution in [0, 0.1) is 0 Å². The van der Waals surface area contributed by atoms with E-state index in [2.05, 4.69) is 12.2 Å². The largest absolute Gasteiger partial charge is 0.481 e. The Balaban J connectivity index is 0. The molecular weight excluding hydrogens is 288 g/mol. The van der Waals surface area contributed by atoms with Crippen LogP contribution in [0.2, 0.25) is 0 Å². The van der Waals surface area contributed by atoms with Crippen molar-refractivity contribution >= 4 is 5.97 Å². The molecule has 0 saturated carbocycles. The van der Waals surface area contributed by atoms with Crippen molar-refractivity contribution in [1.82, 2.24) is 5.32 Å². The van der Waals surface area contributed by atoms with Crippen LogP contribution < -0.4 is 11.1 Å². The van der Waals surface area contributed by atoms with Gasteiger partial charge in [-0.2, -0.15) is 0 Å². The maximum absolute atomic E-state index is 9.37. The zero-order chi connectivity index (χ0) is 17.6.